The first-order chi connectivity index (χ1) is 9.58. The molecule has 100 valence electrons. The second-order valence-corrected chi connectivity index (χ2v) is 4.41. The van der Waals surface area contributed by atoms with Gasteiger partial charge in [0.1, 0.15) is 11.7 Å². The summed E-state index contributed by atoms with van der Waals surface area (Å²) in [5, 5.41) is 21.4. The van der Waals surface area contributed by atoms with Crippen molar-refractivity contribution >= 4 is 29.0 Å². The van der Waals surface area contributed by atoms with Crippen molar-refractivity contribution in [3.05, 3.63) is 47.6 Å². The van der Waals surface area contributed by atoms with Crippen molar-refractivity contribution in [3.8, 4) is 0 Å². The molecular formula is C14H10N2O4. The van der Waals surface area contributed by atoms with Crippen LogP contribution in [-0.2, 0) is 4.79 Å². The Labute approximate surface area is 113 Å². The summed E-state index contributed by atoms with van der Waals surface area (Å²) in [6.07, 6.45) is 4.77. The summed E-state index contributed by atoms with van der Waals surface area (Å²) in [5.41, 5.74) is 1.59. The third-order valence-corrected chi connectivity index (χ3v) is 3.20. The number of carbonyl (C=O) groups is 2. The van der Waals surface area contributed by atoms with Gasteiger partial charge in [-0.1, -0.05) is 12.1 Å². The molecule has 1 aliphatic heterocycles. The molecular weight excluding hydrogens is 260 g/mol. The number of allylic oxidation sites excluding steroid dienone is 2. The van der Waals surface area contributed by atoms with E-state index in [1.165, 1.54) is 12.1 Å². The van der Waals surface area contributed by atoms with Gasteiger partial charge in [-0.2, -0.15) is 0 Å². The first-order valence-electron chi connectivity index (χ1n) is 5.91. The fourth-order valence-corrected chi connectivity index (χ4v) is 2.29. The van der Waals surface area contributed by atoms with Crippen LogP contribution in [0.4, 0.5) is 11.4 Å². The Morgan fingerprint density at radius 2 is 2.00 bits per heavy atom. The van der Waals surface area contributed by atoms with Crippen molar-refractivity contribution in [1.29, 1.82) is 0 Å². The molecule has 0 radical (unpaired) electrons. The van der Waals surface area contributed by atoms with Crippen LogP contribution < -0.4 is 5.32 Å². The number of aromatic carboxylic acids is 1. The smallest absolute Gasteiger partial charge is 0.337 e. The molecule has 2 aliphatic rings. The lowest BCUT2D eigenvalue weighted by Crippen LogP contribution is -2.37. The van der Waals surface area contributed by atoms with Crippen molar-refractivity contribution in [1.82, 2.24) is 0 Å². The van der Waals surface area contributed by atoms with Gasteiger partial charge < -0.3 is 15.5 Å². The number of rotatable bonds is 2. The third-order valence-electron chi connectivity index (χ3n) is 3.20. The largest absolute Gasteiger partial charge is 0.478 e. The van der Waals surface area contributed by atoms with E-state index in [0.717, 1.165) is 0 Å². The number of anilines is 1. The minimum Gasteiger partial charge on any atom is -0.478 e. The summed E-state index contributed by atoms with van der Waals surface area (Å²) in [6, 6.07) is 4.18. The van der Waals surface area contributed by atoms with E-state index in [-0.39, 0.29) is 11.1 Å². The summed E-state index contributed by atoms with van der Waals surface area (Å²) in [7, 11) is 0. The average Bonchev–Trinajstić information content (AvgIpc) is 2.43. The number of hydrogen-bond acceptors (Lipinski definition) is 4. The second-order valence-electron chi connectivity index (χ2n) is 4.41. The maximum absolute atomic E-state index is 11.2. The van der Waals surface area contributed by atoms with Gasteiger partial charge in [0.05, 0.1) is 22.5 Å². The molecule has 0 spiro atoms. The number of aliphatic carboxylic acids is 1. The van der Waals surface area contributed by atoms with E-state index in [2.05, 4.69) is 10.3 Å². The molecule has 0 bridgehead atoms. The second kappa shape index (κ2) is 4.34. The molecule has 1 aromatic carbocycles. The molecule has 3 rings (SSSR count). The van der Waals surface area contributed by atoms with Gasteiger partial charge in [-0.15, -0.1) is 0 Å². The summed E-state index contributed by atoms with van der Waals surface area (Å²) < 4.78 is 0. The van der Waals surface area contributed by atoms with Gasteiger partial charge in [0.2, 0.25) is 0 Å². The molecule has 1 heterocycles. The fraction of sp³-hybridized carbons (Fsp3) is 0.0714. The number of aliphatic imine (C=N–C) groups is 1. The van der Waals surface area contributed by atoms with E-state index in [1.807, 2.05) is 0 Å². The molecule has 20 heavy (non-hydrogen) atoms. The molecule has 0 saturated carbocycles. The highest BCUT2D eigenvalue weighted by Gasteiger charge is 2.31. The molecule has 3 N–H and O–H groups in total. The molecule has 0 fully saturated rings. The number of para-hydroxylation sites is 1. The van der Waals surface area contributed by atoms with Gasteiger partial charge in [-0.25, -0.2) is 14.6 Å². The van der Waals surface area contributed by atoms with Gasteiger partial charge in [0, 0.05) is 0 Å². The monoisotopic (exact) mass is 270 g/mol. The van der Waals surface area contributed by atoms with E-state index < -0.39 is 18.0 Å². The number of carboxylic acid groups (broad SMARTS) is 2. The predicted octanol–water partition coefficient (Wildman–Crippen LogP) is 1.83. The molecule has 0 aromatic heterocycles. The summed E-state index contributed by atoms with van der Waals surface area (Å²) >= 11 is 0. The lowest BCUT2D eigenvalue weighted by molar-refractivity contribution is -0.132. The predicted molar refractivity (Wildman–Crippen MR) is 72.8 cm³/mol. The van der Waals surface area contributed by atoms with Crippen LogP contribution in [0.15, 0.2) is 47.0 Å². The highest BCUT2D eigenvalue weighted by Crippen LogP contribution is 2.35. The molecule has 0 unspecified atom stereocenters. The minimum absolute atomic E-state index is 0.0841. The molecule has 0 saturated heterocycles. The molecule has 1 aliphatic carbocycles. The number of nitrogens with one attached hydrogen (secondary N) is 1. The Morgan fingerprint density at radius 1 is 1.20 bits per heavy atom. The SMILES string of the molecule is O=C(O)C1=CC=CC2=Nc3c(cccc3C(=O)O)N[C@@H]12. The van der Waals surface area contributed by atoms with Crippen molar-refractivity contribution in [2.45, 2.75) is 6.04 Å². The maximum Gasteiger partial charge on any atom is 0.337 e. The quantitative estimate of drug-likeness (QED) is 0.761. The standard InChI is InChI=1S/C14H10N2O4/c17-13(18)7-3-1-5-9-11(7)16-10-6-2-4-8(14(19)20)12(10)15-9/h1-6,11,16H,(H,17,18)(H,19,20)/t11-/m0/s1. The molecule has 0 amide bonds. The highest BCUT2D eigenvalue weighted by molar-refractivity contribution is 6.15. The van der Waals surface area contributed by atoms with Crippen LogP contribution in [0.1, 0.15) is 10.4 Å². The number of nitrogens with zero attached hydrogens (tertiary/aromatic N) is 1. The van der Waals surface area contributed by atoms with Crippen LogP contribution in [-0.4, -0.2) is 33.9 Å². The van der Waals surface area contributed by atoms with Crippen LogP contribution in [0, 0.1) is 0 Å². The lowest BCUT2D eigenvalue weighted by atomic mass is 9.94. The summed E-state index contributed by atoms with van der Waals surface area (Å²) in [5.74, 6) is -2.10. The van der Waals surface area contributed by atoms with Crippen molar-refractivity contribution < 1.29 is 19.8 Å². The third kappa shape index (κ3) is 1.78. The Balaban J connectivity index is 2.13. The zero-order chi connectivity index (χ0) is 14.3. The number of hydrogen-bond donors (Lipinski definition) is 3. The van der Waals surface area contributed by atoms with Gasteiger partial charge in [0.15, 0.2) is 0 Å². The summed E-state index contributed by atoms with van der Waals surface area (Å²) in [4.78, 5) is 26.7. The normalized spacial score (nSPS) is 19.1. The summed E-state index contributed by atoms with van der Waals surface area (Å²) in [6.45, 7) is 0. The van der Waals surface area contributed by atoms with Crippen LogP contribution in [0.3, 0.4) is 0 Å². The highest BCUT2D eigenvalue weighted by atomic mass is 16.4. The first-order valence-corrected chi connectivity index (χ1v) is 5.91. The first kappa shape index (κ1) is 12.2. The number of carboxylic acids is 2. The van der Waals surface area contributed by atoms with E-state index in [1.54, 1.807) is 24.3 Å². The Hall–Kier alpha value is -2.89. The average molecular weight is 270 g/mol. The van der Waals surface area contributed by atoms with Crippen molar-refractivity contribution in [2.75, 3.05) is 5.32 Å². The van der Waals surface area contributed by atoms with Crippen LogP contribution >= 0.6 is 0 Å². The molecule has 1 atom stereocenters. The Bertz CT molecular complexity index is 716. The lowest BCUT2D eigenvalue weighted by Gasteiger charge is -2.28. The van der Waals surface area contributed by atoms with Crippen molar-refractivity contribution in [3.63, 3.8) is 0 Å². The molecule has 6 heteroatoms. The van der Waals surface area contributed by atoms with Crippen LogP contribution in [0.2, 0.25) is 0 Å². The number of benzene rings is 1. The molecule has 1 aromatic rings. The zero-order valence-electron chi connectivity index (χ0n) is 10.2. The van der Waals surface area contributed by atoms with Gasteiger partial charge in [0.25, 0.3) is 0 Å². The van der Waals surface area contributed by atoms with Gasteiger partial charge >= 0.3 is 11.9 Å². The van der Waals surface area contributed by atoms with E-state index in [0.29, 0.717) is 17.1 Å². The molecule has 6 nitrogen and oxygen atoms in total. The fourth-order valence-electron chi connectivity index (χ4n) is 2.29. The van der Waals surface area contributed by atoms with Crippen LogP contribution in [0.5, 0.6) is 0 Å². The van der Waals surface area contributed by atoms with E-state index in [9.17, 15) is 14.7 Å². The maximum atomic E-state index is 11.2. The Kier molecular flexibility index (Phi) is 2.64. The van der Waals surface area contributed by atoms with E-state index in [4.69, 9.17) is 5.11 Å². The number of fused-ring (bicyclic) bond motifs is 2. The Morgan fingerprint density at radius 3 is 2.70 bits per heavy atom. The van der Waals surface area contributed by atoms with Gasteiger partial charge in [-0.3, -0.25) is 0 Å². The van der Waals surface area contributed by atoms with E-state index >= 15 is 0 Å². The van der Waals surface area contributed by atoms with Gasteiger partial charge in [-0.05, 0) is 24.3 Å². The van der Waals surface area contributed by atoms with Crippen LogP contribution in [0.25, 0.3) is 0 Å². The van der Waals surface area contributed by atoms with Crippen molar-refractivity contribution in [2.24, 2.45) is 4.99 Å². The topological polar surface area (TPSA) is 99.0 Å². The zero-order valence-corrected chi connectivity index (χ0v) is 10.2. The minimum atomic E-state index is -1.07.